The van der Waals surface area contributed by atoms with Crippen LogP contribution >= 0.6 is 55.1 Å². The van der Waals surface area contributed by atoms with Crippen LogP contribution in [0.1, 0.15) is 0 Å². The van der Waals surface area contributed by atoms with E-state index in [1.165, 1.54) is 10.9 Å². The third kappa shape index (κ3) is 2.42. The third-order valence-electron chi connectivity index (χ3n) is 2.02. The van der Waals surface area contributed by atoms with E-state index in [9.17, 15) is 4.79 Å². The fraction of sp³-hybridized carbons (Fsp3) is 0. The Morgan fingerprint density at radius 3 is 2.35 bits per heavy atom. The van der Waals surface area contributed by atoms with E-state index in [4.69, 9.17) is 23.2 Å². The summed E-state index contributed by atoms with van der Waals surface area (Å²) in [6.45, 7) is 0. The van der Waals surface area contributed by atoms with Crippen LogP contribution < -0.4 is 5.43 Å². The molecule has 0 aliphatic heterocycles. The van der Waals surface area contributed by atoms with Crippen molar-refractivity contribution < 1.29 is 0 Å². The summed E-state index contributed by atoms with van der Waals surface area (Å²) in [6.07, 6.45) is 1.19. The van der Waals surface area contributed by atoms with Crippen LogP contribution in [0.4, 0.5) is 0 Å². The minimum absolute atomic E-state index is 0.226. The fourth-order valence-electron chi connectivity index (χ4n) is 1.26. The first-order valence-corrected chi connectivity index (χ1v) is 6.74. The van der Waals surface area contributed by atoms with Gasteiger partial charge in [-0.25, -0.2) is 4.68 Å². The van der Waals surface area contributed by atoms with Crippen molar-refractivity contribution in [3.8, 4) is 5.69 Å². The van der Waals surface area contributed by atoms with E-state index in [2.05, 4.69) is 37.0 Å². The van der Waals surface area contributed by atoms with Crippen molar-refractivity contribution in [1.29, 1.82) is 0 Å². The molecule has 7 heteroatoms. The number of nitrogens with zero attached hydrogens (tertiary/aromatic N) is 2. The lowest BCUT2D eigenvalue weighted by Crippen LogP contribution is -2.12. The summed E-state index contributed by atoms with van der Waals surface area (Å²) in [7, 11) is 0. The van der Waals surface area contributed by atoms with Gasteiger partial charge in [0.2, 0.25) is 5.43 Å². The van der Waals surface area contributed by atoms with Gasteiger partial charge in [0.15, 0.2) is 0 Å². The van der Waals surface area contributed by atoms with Crippen molar-refractivity contribution in [3.05, 3.63) is 53.7 Å². The first kappa shape index (κ1) is 13.1. The Kier molecular flexibility index (Phi) is 3.92. The standard InChI is InChI=1S/C10H4Br2Cl2N2O/c11-8-7(17)4-15-16(10(8)12)9-5(13)2-1-3-6(9)14/h1-4H. The number of hydrogen-bond donors (Lipinski definition) is 0. The first-order chi connectivity index (χ1) is 8.02. The van der Waals surface area contributed by atoms with Crippen LogP contribution in [0.25, 0.3) is 5.69 Å². The van der Waals surface area contributed by atoms with E-state index in [1.807, 2.05) is 0 Å². The Bertz CT molecular complexity index is 622. The van der Waals surface area contributed by atoms with Crippen LogP contribution in [0.15, 0.2) is 38.3 Å². The van der Waals surface area contributed by atoms with Crippen molar-refractivity contribution in [2.45, 2.75) is 0 Å². The molecule has 3 nitrogen and oxygen atoms in total. The Morgan fingerprint density at radius 1 is 1.18 bits per heavy atom. The predicted molar refractivity (Wildman–Crippen MR) is 75.3 cm³/mol. The van der Waals surface area contributed by atoms with E-state index in [0.29, 0.717) is 24.8 Å². The molecule has 0 amide bonds. The minimum Gasteiger partial charge on any atom is -0.287 e. The Hall–Kier alpha value is -0.360. The van der Waals surface area contributed by atoms with Crippen molar-refractivity contribution >= 4 is 55.1 Å². The zero-order valence-corrected chi connectivity index (χ0v) is 12.8. The summed E-state index contributed by atoms with van der Waals surface area (Å²) in [5, 5.41) is 4.88. The highest BCUT2D eigenvalue weighted by Crippen LogP contribution is 2.31. The second-order valence-corrected chi connectivity index (χ2v) is 5.45. The van der Waals surface area contributed by atoms with Crippen molar-refractivity contribution in [2.75, 3.05) is 0 Å². The van der Waals surface area contributed by atoms with Gasteiger partial charge in [-0.15, -0.1) is 0 Å². The molecule has 0 saturated carbocycles. The van der Waals surface area contributed by atoms with E-state index in [-0.39, 0.29) is 5.43 Å². The smallest absolute Gasteiger partial charge is 0.215 e. The van der Waals surface area contributed by atoms with Gasteiger partial charge in [-0.1, -0.05) is 29.3 Å². The van der Waals surface area contributed by atoms with Crippen LogP contribution in [0.3, 0.4) is 0 Å². The van der Waals surface area contributed by atoms with E-state index >= 15 is 0 Å². The zero-order valence-electron chi connectivity index (χ0n) is 8.12. The second-order valence-electron chi connectivity index (χ2n) is 3.10. The van der Waals surface area contributed by atoms with Gasteiger partial charge >= 0.3 is 0 Å². The maximum absolute atomic E-state index is 11.4. The number of benzene rings is 1. The lowest BCUT2D eigenvalue weighted by atomic mass is 10.3. The molecule has 0 radical (unpaired) electrons. The molecule has 0 unspecified atom stereocenters. The SMILES string of the molecule is O=c1cnn(-c2c(Cl)cccc2Cl)c(Br)c1Br. The molecule has 2 rings (SSSR count). The van der Waals surface area contributed by atoms with E-state index in [0.717, 1.165) is 0 Å². The average molecular weight is 399 g/mol. The average Bonchev–Trinajstić information content (AvgIpc) is 2.29. The molecule has 88 valence electrons. The molecule has 1 heterocycles. The van der Waals surface area contributed by atoms with Crippen LogP contribution in [0, 0.1) is 0 Å². The van der Waals surface area contributed by atoms with Gasteiger partial charge in [-0.2, -0.15) is 5.10 Å². The van der Waals surface area contributed by atoms with Crippen LogP contribution in [0.2, 0.25) is 10.0 Å². The topological polar surface area (TPSA) is 34.9 Å². The number of aromatic nitrogens is 2. The normalized spacial score (nSPS) is 10.6. The van der Waals surface area contributed by atoms with Crippen LogP contribution in [0.5, 0.6) is 0 Å². The predicted octanol–water partition coefficient (Wildman–Crippen LogP) is 4.06. The Balaban J connectivity index is 2.78. The molecule has 1 aromatic carbocycles. The van der Waals surface area contributed by atoms with Gasteiger partial charge in [-0.05, 0) is 44.0 Å². The van der Waals surface area contributed by atoms with Gasteiger partial charge < -0.3 is 0 Å². The highest BCUT2D eigenvalue weighted by Gasteiger charge is 2.14. The largest absolute Gasteiger partial charge is 0.287 e. The van der Waals surface area contributed by atoms with Crippen LogP contribution in [-0.2, 0) is 0 Å². The highest BCUT2D eigenvalue weighted by atomic mass is 79.9. The lowest BCUT2D eigenvalue weighted by Gasteiger charge is -2.11. The minimum atomic E-state index is -0.226. The summed E-state index contributed by atoms with van der Waals surface area (Å²) in [6, 6.07) is 5.13. The molecule has 1 aromatic heterocycles. The molecule has 0 N–H and O–H groups in total. The lowest BCUT2D eigenvalue weighted by molar-refractivity contribution is 0.807. The molecule has 0 aliphatic carbocycles. The summed E-state index contributed by atoms with van der Waals surface area (Å²) >= 11 is 18.6. The number of rotatable bonds is 1. The molecule has 0 aliphatic rings. The van der Waals surface area contributed by atoms with Gasteiger partial charge in [0.1, 0.15) is 10.3 Å². The maximum Gasteiger partial charge on any atom is 0.215 e. The number of para-hydroxylation sites is 1. The monoisotopic (exact) mass is 396 g/mol. The van der Waals surface area contributed by atoms with Crippen LogP contribution in [-0.4, -0.2) is 9.78 Å². The molecular formula is C10H4Br2Cl2N2O. The molecule has 0 spiro atoms. The second kappa shape index (κ2) is 5.10. The molecule has 2 aromatic rings. The van der Waals surface area contributed by atoms with Gasteiger partial charge in [0.25, 0.3) is 0 Å². The molecule has 0 fully saturated rings. The zero-order chi connectivity index (χ0) is 12.6. The molecular weight excluding hydrogens is 395 g/mol. The van der Waals surface area contributed by atoms with E-state index < -0.39 is 0 Å². The summed E-state index contributed by atoms with van der Waals surface area (Å²) < 4.78 is 2.28. The molecule has 0 atom stereocenters. The quantitative estimate of drug-likeness (QED) is 0.726. The molecule has 17 heavy (non-hydrogen) atoms. The van der Waals surface area contributed by atoms with Gasteiger partial charge in [-0.3, -0.25) is 4.79 Å². The maximum atomic E-state index is 11.4. The Morgan fingerprint density at radius 2 is 1.76 bits per heavy atom. The molecule has 0 saturated heterocycles. The summed E-state index contributed by atoms with van der Waals surface area (Å²) in [4.78, 5) is 11.4. The van der Waals surface area contributed by atoms with Crippen molar-refractivity contribution in [3.63, 3.8) is 0 Å². The third-order valence-corrected chi connectivity index (χ3v) is 4.66. The first-order valence-electron chi connectivity index (χ1n) is 4.40. The van der Waals surface area contributed by atoms with Crippen molar-refractivity contribution in [1.82, 2.24) is 9.78 Å². The summed E-state index contributed by atoms with van der Waals surface area (Å²) in [5.74, 6) is 0. The number of halogens is 4. The van der Waals surface area contributed by atoms with Crippen molar-refractivity contribution in [2.24, 2.45) is 0 Å². The van der Waals surface area contributed by atoms with E-state index in [1.54, 1.807) is 18.2 Å². The molecule has 0 bridgehead atoms. The number of hydrogen-bond acceptors (Lipinski definition) is 2. The highest BCUT2D eigenvalue weighted by molar-refractivity contribution is 9.13. The summed E-state index contributed by atoms with van der Waals surface area (Å²) in [5.41, 5.74) is 0.291. The van der Waals surface area contributed by atoms with Gasteiger partial charge in [0.05, 0.1) is 20.7 Å². The fourth-order valence-corrected chi connectivity index (χ4v) is 2.55. The Labute approximate surface area is 124 Å². The van der Waals surface area contributed by atoms with Gasteiger partial charge in [0, 0.05) is 0 Å².